The zero-order valence-electron chi connectivity index (χ0n) is 10.2. The highest BCUT2D eigenvalue weighted by Crippen LogP contribution is 2.18. The van der Waals surface area contributed by atoms with Crippen molar-refractivity contribution in [2.24, 2.45) is 0 Å². The smallest absolute Gasteiger partial charge is 0.265 e. The van der Waals surface area contributed by atoms with Gasteiger partial charge in [-0.15, -0.1) is 0 Å². The maximum Gasteiger partial charge on any atom is 0.265 e. The molecule has 0 aliphatic carbocycles. The van der Waals surface area contributed by atoms with Crippen molar-refractivity contribution in [3.05, 3.63) is 60.6 Å². The highest BCUT2D eigenvalue weighted by molar-refractivity contribution is 9.10. The van der Waals surface area contributed by atoms with Crippen LogP contribution in [0.2, 0.25) is 0 Å². The number of methoxy groups -OCH3 is 1. The van der Waals surface area contributed by atoms with Crippen LogP contribution in [0, 0.1) is 0 Å². The van der Waals surface area contributed by atoms with Gasteiger partial charge in [-0.3, -0.25) is 4.79 Å². The van der Waals surface area contributed by atoms with Gasteiger partial charge in [0, 0.05) is 18.0 Å². The Bertz CT molecular complexity index is 641. The summed E-state index contributed by atoms with van der Waals surface area (Å²) in [4.78, 5) is 19.0. The van der Waals surface area contributed by atoms with Crippen LogP contribution in [0.3, 0.4) is 0 Å². The number of halogens is 2. The van der Waals surface area contributed by atoms with Crippen molar-refractivity contribution in [1.82, 2.24) is 9.97 Å². The number of nitrogens with zero attached hydrogens (tertiary/aromatic N) is 1. The summed E-state index contributed by atoms with van der Waals surface area (Å²) in [7, 11) is 1.57. The van der Waals surface area contributed by atoms with E-state index in [1.165, 1.54) is 0 Å². The first-order valence-electron chi connectivity index (χ1n) is 5.61. The molecule has 0 atom stereocenters. The quantitative estimate of drug-likeness (QED) is 0.877. The van der Waals surface area contributed by atoms with Gasteiger partial charge in [0.05, 0.1) is 12.3 Å². The third-order valence-corrected chi connectivity index (χ3v) is 4.17. The van der Waals surface area contributed by atoms with Crippen LogP contribution in [0.15, 0.2) is 38.0 Å². The normalized spacial score (nSPS) is 10.7. The summed E-state index contributed by atoms with van der Waals surface area (Å²) in [5.74, 6) is 0.618. The Balaban J connectivity index is 2.36. The number of hydrogen-bond donors (Lipinski definition) is 1. The fourth-order valence-corrected chi connectivity index (χ4v) is 2.42. The van der Waals surface area contributed by atoms with Crippen molar-refractivity contribution >= 4 is 31.9 Å². The van der Waals surface area contributed by atoms with Gasteiger partial charge < -0.3 is 9.72 Å². The number of hydrogen-bond acceptors (Lipinski definition) is 3. The Morgan fingerprint density at radius 1 is 1.32 bits per heavy atom. The van der Waals surface area contributed by atoms with Gasteiger partial charge >= 0.3 is 0 Å². The molecule has 1 N–H and O–H groups in total. The monoisotopic (exact) mass is 386 g/mol. The van der Waals surface area contributed by atoms with E-state index in [0.29, 0.717) is 29.0 Å². The number of aromatic nitrogens is 2. The lowest BCUT2D eigenvalue weighted by Crippen LogP contribution is -2.16. The van der Waals surface area contributed by atoms with Gasteiger partial charge in [0.25, 0.3) is 5.56 Å². The zero-order valence-corrected chi connectivity index (χ0v) is 13.4. The summed E-state index contributed by atoms with van der Waals surface area (Å²) in [6.07, 6.45) is 0.556. The fourth-order valence-electron chi connectivity index (χ4n) is 1.70. The van der Waals surface area contributed by atoms with E-state index in [2.05, 4.69) is 41.8 Å². The van der Waals surface area contributed by atoms with Crippen LogP contribution in [0.5, 0.6) is 0 Å². The van der Waals surface area contributed by atoms with E-state index >= 15 is 0 Å². The lowest BCUT2D eigenvalue weighted by molar-refractivity contribution is 0.180. The third-order valence-electron chi connectivity index (χ3n) is 2.58. The van der Waals surface area contributed by atoms with E-state index in [1.54, 1.807) is 7.11 Å². The molecule has 0 bridgehead atoms. The van der Waals surface area contributed by atoms with Gasteiger partial charge in [-0.25, -0.2) is 4.98 Å². The first-order chi connectivity index (χ1) is 9.11. The number of rotatable bonds is 4. The van der Waals surface area contributed by atoms with Crippen LogP contribution in [-0.4, -0.2) is 17.1 Å². The van der Waals surface area contributed by atoms with Gasteiger partial charge in [-0.2, -0.15) is 0 Å². The second-order valence-electron chi connectivity index (χ2n) is 3.97. The molecular weight excluding hydrogens is 376 g/mol. The number of aromatic amines is 1. The van der Waals surface area contributed by atoms with E-state index in [0.717, 1.165) is 10.0 Å². The first-order valence-corrected chi connectivity index (χ1v) is 7.20. The van der Waals surface area contributed by atoms with Crippen molar-refractivity contribution in [2.45, 2.75) is 13.0 Å². The van der Waals surface area contributed by atoms with Gasteiger partial charge in [0.15, 0.2) is 0 Å². The Labute approximate surface area is 127 Å². The maximum atomic E-state index is 11.8. The minimum absolute atomic E-state index is 0.191. The fraction of sp³-hybridized carbons (Fsp3) is 0.231. The Morgan fingerprint density at radius 3 is 2.74 bits per heavy atom. The summed E-state index contributed by atoms with van der Waals surface area (Å²) in [5.41, 5.74) is 1.48. The summed E-state index contributed by atoms with van der Waals surface area (Å²) in [6.45, 7) is 0.299. The average Bonchev–Trinajstić information content (AvgIpc) is 2.38. The average molecular weight is 388 g/mol. The summed E-state index contributed by atoms with van der Waals surface area (Å²) >= 11 is 6.70. The largest absolute Gasteiger partial charge is 0.378 e. The highest BCUT2D eigenvalue weighted by Gasteiger charge is 2.10. The van der Waals surface area contributed by atoms with Gasteiger partial charge in [-0.1, -0.05) is 34.1 Å². The standard InChI is InChI=1S/C13H12Br2N2O2/c1-19-7-10-12(15)13(18)17-11(16-10)6-8-4-2-3-5-9(8)14/h2-5H,6-7H2,1H3,(H,16,17,18). The van der Waals surface area contributed by atoms with Crippen molar-refractivity contribution in [3.63, 3.8) is 0 Å². The third kappa shape index (κ3) is 3.52. The van der Waals surface area contributed by atoms with E-state index < -0.39 is 0 Å². The molecule has 1 heterocycles. The van der Waals surface area contributed by atoms with Crippen LogP contribution in [-0.2, 0) is 17.8 Å². The van der Waals surface area contributed by atoms with E-state index in [1.807, 2.05) is 24.3 Å². The van der Waals surface area contributed by atoms with E-state index in [-0.39, 0.29) is 5.56 Å². The molecule has 0 fully saturated rings. The number of nitrogens with one attached hydrogen (secondary N) is 1. The molecule has 0 aliphatic rings. The Kier molecular flexibility index (Phi) is 4.90. The van der Waals surface area contributed by atoms with Gasteiger partial charge in [0.1, 0.15) is 10.3 Å². The second-order valence-corrected chi connectivity index (χ2v) is 5.62. The zero-order chi connectivity index (χ0) is 13.8. The molecule has 19 heavy (non-hydrogen) atoms. The highest BCUT2D eigenvalue weighted by atomic mass is 79.9. The summed E-state index contributed by atoms with van der Waals surface area (Å²) in [5, 5.41) is 0. The maximum absolute atomic E-state index is 11.8. The van der Waals surface area contributed by atoms with Crippen molar-refractivity contribution < 1.29 is 4.74 Å². The molecular formula is C13H12Br2N2O2. The Morgan fingerprint density at radius 2 is 2.05 bits per heavy atom. The predicted octanol–water partition coefficient (Wildman–Crippen LogP) is 3.03. The van der Waals surface area contributed by atoms with Gasteiger partial charge in [0.2, 0.25) is 0 Å². The van der Waals surface area contributed by atoms with Crippen molar-refractivity contribution in [1.29, 1.82) is 0 Å². The summed E-state index contributed by atoms with van der Waals surface area (Å²) < 4.78 is 6.45. The molecule has 0 amide bonds. The molecule has 4 nitrogen and oxygen atoms in total. The molecule has 0 saturated carbocycles. The molecule has 0 radical (unpaired) electrons. The SMILES string of the molecule is COCc1nc(Cc2ccccc2Br)[nH]c(=O)c1Br. The lowest BCUT2D eigenvalue weighted by Gasteiger charge is -2.07. The van der Waals surface area contributed by atoms with Crippen LogP contribution >= 0.6 is 31.9 Å². The number of ether oxygens (including phenoxy) is 1. The molecule has 0 saturated heterocycles. The Hall–Kier alpha value is -0.980. The van der Waals surface area contributed by atoms with Crippen LogP contribution < -0.4 is 5.56 Å². The van der Waals surface area contributed by atoms with Crippen LogP contribution in [0.1, 0.15) is 17.1 Å². The van der Waals surface area contributed by atoms with Crippen LogP contribution in [0.4, 0.5) is 0 Å². The van der Waals surface area contributed by atoms with Crippen LogP contribution in [0.25, 0.3) is 0 Å². The molecule has 1 aromatic carbocycles. The van der Waals surface area contributed by atoms with E-state index in [4.69, 9.17) is 4.74 Å². The lowest BCUT2D eigenvalue weighted by atomic mass is 10.1. The molecule has 6 heteroatoms. The van der Waals surface area contributed by atoms with Gasteiger partial charge in [-0.05, 0) is 27.6 Å². The minimum atomic E-state index is -0.191. The van der Waals surface area contributed by atoms with E-state index in [9.17, 15) is 4.79 Å². The topological polar surface area (TPSA) is 55.0 Å². The molecule has 0 unspecified atom stereocenters. The van der Waals surface area contributed by atoms with Crippen molar-refractivity contribution in [2.75, 3.05) is 7.11 Å². The molecule has 0 spiro atoms. The molecule has 1 aromatic heterocycles. The number of H-pyrrole nitrogens is 1. The van der Waals surface area contributed by atoms with Crippen molar-refractivity contribution in [3.8, 4) is 0 Å². The second kappa shape index (κ2) is 6.45. The molecule has 100 valence electrons. The minimum Gasteiger partial charge on any atom is -0.378 e. The molecule has 0 aliphatic heterocycles. The number of benzene rings is 1. The predicted molar refractivity (Wildman–Crippen MR) is 80.2 cm³/mol. The summed E-state index contributed by atoms with van der Waals surface area (Å²) in [6, 6.07) is 7.85. The molecule has 2 aromatic rings. The first kappa shape index (κ1) is 14.4. The molecule has 2 rings (SSSR count).